The Balaban J connectivity index is 0.000000720. The van der Waals surface area contributed by atoms with Crippen LogP contribution in [-0.4, -0.2) is 20.6 Å². The summed E-state index contributed by atoms with van der Waals surface area (Å²) in [7, 11) is 0. The molecule has 1 heterocycles. The summed E-state index contributed by atoms with van der Waals surface area (Å²) >= 11 is 2.97. The maximum absolute atomic E-state index is 4.41. The van der Waals surface area contributed by atoms with Crippen molar-refractivity contribution in [1.29, 1.82) is 0 Å². The molecule has 1 aliphatic rings. The molecular formula is C9H8AuNSe. The maximum atomic E-state index is 4.41. The summed E-state index contributed by atoms with van der Waals surface area (Å²) in [4.78, 5) is 4.41. The first-order valence-electron chi connectivity index (χ1n) is 3.69. The van der Waals surface area contributed by atoms with Crippen LogP contribution in [0.25, 0.3) is 0 Å². The molecule has 0 amide bonds. The monoisotopic (exact) mass is 407 g/mol. The van der Waals surface area contributed by atoms with E-state index in [9.17, 15) is 0 Å². The molecule has 0 aromatic heterocycles. The molecule has 0 spiro atoms. The van der Waals surface area contributed by atoms with Crippen molar-refractivity contribution in [2.45, 2.75) is 12.8 Å². The molecule has 0 aliphatic carbocycles. The van der Waals surface area contributed by atoms with Gasteiger partial charge in [-0.2, -0.15) is 0 Å². The molecule has 0 fully saturated rings. The van der Waals surface area contributed by atoms with Gasteiger partial charge in [0, 0.05) is 22.4 Å². The number of aliphatic imine (C=N–C) groups is 1. The molecular weight excluding hydrogens is 398 g/mol. The summed E-state index contributed by atoms with van der Waals surface area (Å²) in [5, 5.41) is 0. The summed E-state index contributed by atoms with van der Waals surface area (Å²) in [6.45, 7) is 0. The Morgan fingerprint density at radius 2 is 1.92 bits per heavy atom. The molecule has 3 heteroatoms. The van der Waals surface area contributed by atoms with Gasteiger partial charge < -0.3 is 0 Å². The molecule has 0 atom stereocenters. The molecule has 2 radical (unpaired) electrons. The number of hydrogen-bond acceptors (Lipinski definition) is 1. The van der Waals surface area contributed by atoms with Crippen LogP contribution in [0.1, 0.15) is 12.0 Å². The molecule has 0 unspecified atom stereocenters. The number of para-hydroxylation sites is 1. The van der Waals surface area contributed by atoms with Crippen molar-refractivity contribution in [3.05, 3.63) is 29.8 Å². The summed E-state index contributed by atoms with van der Waals surface area (Å²) in [5.41, 5.74) is 2.50. The second-order valence-electron chi connectivity index (χ2n) is 2.63. The fourth-order valence-electron chi connectivity index (χ4n) is 1.26. The average Bonchev–Trinajstić information content (AvgIpc) is 2.04. The van der Waals surface area contributed by atoms with E-state index in [0.717, 1.165) is 23.1 Å². The molecule has 12 heavy (non-hydrogen) atoms. The Bertz CT molecular complexity index is 309. The summed E-state index contributed by atoms with van der Waals surface area (Å²) in [5.74, 6) is 0. The van der Waals surface area contributed by atoms with E-state index in [-0.39, 0.29) is 22.4 Å². The van der Waals surface area contributed by atoms with E-state index in [4.69, 9.17) is 0 Å². The second-order valence-corrected chi connectivity index (χ2v) is 3.62. The van der Waals surface area contributed by atoms with Crippen molar-refractivity contribution in [3.8, 4) is 0 Å². The number of benzene rings is 1. The predicted molar refractivity (Wildman–Crippen MR) is 47.6 cm³/mol. The zero-order valence-corrected chi connectivity index (χ0v) is 10.3. The van der Waals surface area contributed by atoms with E-state index in [1.807, 2.05) is 6.07 Å². The van der Waals surface area contributed by atoms with E-state index in [0.29, 0.717) is 0 Å². The van der Waals surface area contributed by atoms with Crippen LogP contribution in [0.3, 0.4) is 0 Å². The first-order chi connectivity index (χ1) is 5.36. The van der Waals surface area contributed by atoms with Crippen LogP contribution in [0.2, 0.25) is 0 Å². The minimum absolute atomic E-state index is 0. The van der Waals surface area contributed by atoms with Gasteiger partial charge in [-0.25, -0.2) is 0 Å². The van der Waals surface area contributed by atoms with E-state index in [1.165, 1.54) is 5.56 Å². The first kappa shape index (κ1) is 10.2. The molecule has 66 valence electrons. The van der Waals surface area contributed by atoms with Crippen LogP contribution in [0.4, 0.5) is 5.69 Å². The molecule has 0 bridgehead atoms. The number of fused-ring (bicyclic) bond motifs is 1. The van der Waals surface area contributed by atoms with Gasteiger partial charge in [-0.15, -0.1) is 0 Å². The zero-order chi connectivity index (χ0) is 7.68. The van der Waals surface area contributed by atoms with E-state index in [1.54, 1.807) is 0 Å². The Kier molecular flexibility index (Phi) is 3.76. The Hall–Kier alpha value is 0.150. The molecule has 1 aromatic rings. The minimum atomic E-state index is 0. The molecule has 1 aliphatic heterocycles. The van der Waals surface area contributed by atoms with Gasteiger partial charge in [-0.1, -0.05) is 0 Å². The van der Waals surface area contributed by atoms with Gasteiger partial charge in [0.2, 0.25) is 0 Å². The van der Waals surface area contributed by atoms with Crippen LogP contribution in [-0.2, 0) is 28.8 Å². The Morgan fingerprint density at radius 3 is 2.75 bits per heavy atom. The average molecular weight is 406 g/mol. The van der Waals surface area contributed by atoms with Crippen molar-refractivity contribution in [3.63, 3.8) is 0 Å². The van der Waals surface area contributed by atoms with Gasteiger partial charge in [0.25, 0.3) is 0 Å². The second kappa shape index (κ2) is 4.40. The SMILES string of the molecule is [Au].[Se]C1=Nc2ccccc2CC1. The van der Waals surface area contributed by atoms with Crippen molar-refractivity contribution in [2.75, 3.05) is 0 Å². The van der Waals surface area contributed by atoms with Gasteiger partial charge in [-0.05, 0) is 0 Å². The number of rotatable bonds is 0. The van der Waals surface area contributed by atoms with Gasteiger partial charge in [0.15, 0.2) is 0 Å². The number of hydrogen-bond donors (Lipinski definition) is 0. The number of nitrogens with zero attached hydrogens (tertiary/aromatic N) is 1. The molecule has 1 aromatic carbocycles. The molecule has 0 saturated carbocycles. The quantitative estimate of drug-likeness (QED) is 0.584. The van der Waals surface area contributed by atoms with E-state index >= 15 is 0 Å². The van der Waals surface area contributed by atoms with E-state index < -0.39 is 0 Å². The predicted octanol–water partition coefficient (Wildman–Crippen LogP) is 1.83. The third-order valence-corrected chi connectivity index (χ3v) is 2.46. The topological polar surface area (TPSA) is 12.4 Å². The molecule has 0 N–H and O–H groups in total. The van der Waals surface area contributed by atoms with Crippen LogP contribution in [0.15, 0.2) is 29.3 Å². The van der Waals surface area contributed by atoms with Gasteiger partial charge in [0.05, 0.1) is 0 Å². The Morgan fingerprint density at radius 1 is 1.17 bits per heavy atom. The summed E-state index contributed by atoms with van der Waals surface area (Å²) in [6, 6.07) is 8.30. The summed E-state index contributed by atoms with van der Waals surface area (Å²) < 4.78 is 1.13. The van der Waals surface area contributed by atoms with Crippen LogP contribution >= 0.6 is 0 Å². The molecule has 0 saturated heterocycles. The van der Waals surface area contributed by atoms with Crippen molar-refractivity contribution in [2.24, 2.45) is 4.99 Å². The normalized spacial score (nSPS) is 14.2. The fraction of sp³-hybridized carbons (Fsp3) is 0.222. The van der Waals surface area contributed by atoms with Gasteiger partial charge in [-0.3, -0.25) is 0 Å². The van der Waals surface area contributed by atoms with E-state index in [2.05, 4.69) is 39.2 Å². The third kappa shape index (κ3) is 2.09. The van der Waals surface area contributed by atoms with Crippen LogP contribution in [0, 0.1) is 0 Å². The third-order valence-electron chi connectivity index (χ3n) is 1.84. The van der Waals surface area contributed by atoms with Crippen LogP contribution < -0.4 is 0 Å². The van der Waals surface area contributed by atoms with Gasteiger partial charge in [0.1, 0.15) is 0 Å². The Labute approximate surface area is 96.0 Å². The van der Waals surface area contributed by atoms with Crippen LogP contribution in [0.5, 0.6) is 0 Å². The van der Waals surface area contributed by atoms with Crippen molar-refractivity contribution < 1.29 is 22.4 Å². The van der Waals surface area contributed by atoms with Crippen molar-refractivity contribution in [1.82, 2.24) is 0 Å². The molecule has 2 rings (SSSR count). The fourth-order valence-corrected chi connectivity index (χ4v) is 1.68. The summed E-state index contributed by atoms with van der Waals surface area (Å²) in [6.07, 6.45) is 2.19. The van der Waals surface area contributed by atoms with Gasteiger partial charge >= 0.3 is 74.0 Å². The van der Waals surface area contributed by atoms with Crippen molar-refractivity contribution >= 4 is 26.3 Å². The standard InChI is InChI=1S/C9H8NSe.Au/c11-9-6-5-7-3-1-2-4-8(7)10-9;/h1-4H,5-6H2;. The first-order valence-corrected chi connectivity index (χ1v) is 4.54. The molecule has 1 nitrogen and oxygen atoms in total. The zero-order valence-electron chi connectivity index (χ0n) is 6.38. The number of aryl methyl sites for hydroxylation is 1.